The van der Waals surface area contributed by atoms with Gasteiger partial charge >= 0.3 is 0 Å². The molecule has 0 saturated heterocycles. The maximum Gasteiger partial charge on any atom is 0.0482 e. The summed E-state index contributed by atoms with van der Waals surface area (Å²) >= 11 is 0. The number of aromatic nitrogens is 1. The molecule has 0 bridgehead atoms. The molecule has 1 nitrogen and oxygen atoms in total. The Hall–Kier alpha value is -2.02. The van der Waals surface area contributed by atoms with E-state index >= 15 is 0 Å². The smallest absolute Gasteiger partial charge is 0.0482 e. The van der Waals surface area contributed by atoms with Gasteiger partial charge in [0, 0.05) is 29.6 Å². The lowest BCUT2D eigenvalue weighted by Crippen LogP contribution is -2.03. The lowest BCUT2D eigenvalue weighted by molar-refractivity contribution is 0.731. The summed E-state index contributed by atoms with van der Waals surface area (Å²) in [5, 5.41) is 1.44. The Balaban J connectivity index is 1.91. The lowest BCUT2D eigenvalue weighted by Gasteiger charge is -2.14. The van der Waals surface area contributed by atoms with Gasteiger partial charge in [-0.25, -0.2) is 0 Å². The van der Waals surface area contributed by atoms with Crippen LogP contribution in [0.4, 0.5) is 0 Å². The summed E-state index contributed by atoms with van der Waals surface area (Å²) in [4.78, 5) is 0. The largest absolute Gasteiger partial charge is 0.347 e. The molecule has 0 spiro atoms. The average Bonchev–Trinajstić information content (AvgIpc) is 3.02. The molecule has 0 fully saturated rings. The van der Waals surface area contributed by atoms with Gasteiger partial charge in [-0.1, -0.05) is 48.0 Å². The number of para-hydroxylation sites is 1. The van der Waals surface area contributed by atoms with Crippen molar-refractivity contribution in [3.05, 3.63) is 70.9 Å². The summed E-state index contributed by atoms with van der Waals surface area (Å²) in [5.74, 6) is 0.558. The molecule has 1 aliphatic carbocycles. The standard InChI is InChI=1S/C19H19N/c1-13-7-9-14(10-8-13)15-11-12-17-16-5-3-4-6-18(16)20(2)19(15)17/h3-10,15H,11-12H2,1-2H3. The molecule has 100 valence electrons. The van der Waals surface area contributed by atoms with Gasteiger partial charge in [0.2, 0.25) is 0 Å². The summed E-state index contributed by atoms with van der Waals surface area (Å²) < 4.78 is 2.40. The summed E-state index contributed by atoms with van der Waals surface area (Å²) in [7, 11) is 2.22. The van der Waals surface area contributed by atoms with Gasteiger partial charge < -0.3 is 4.57 Å². The topological polar surface area (TPSA) is 4.93 Å². The summed E-state index contributed by atoms with van der Waals surface area (Å²) in [5.41, 5.74) is 7.25. The zero-order valence-electron chi connectivity index (χ0n) is 12.1. The SMILES string of the molecule is Cc1ccc(C2CCc3c2n(C)c2ccccc32)cc1. The number of aryl methyl sites for hydroxylation is 3. The van der Waals surface area contributed by atoms with Crippen molar-refractivity contribution in [3.63, 3.8) is 0 Å². The second kappa shape index (κ2) is 4.24. The third-order valence-electron chi connectivity index (χ3n) is 4.75. The monoisotopic (exact) mass is 261 g/mol. The van der Waals surface area contributed by atoms with Crippen molar-refractivity contribution in [1.82, 2.24) is 4.57 Å². The molecule has 1 heteroatoms. The van der Waals surface area contributed by atoms with Crippen molar-refractivity contribution in [3.8, 4) is 0 Å². The average molecular weight is 261 g/mol. The first-order chi connectivity index (χ1) is 9.75. The molecule has 0 saturated carbocycles. The molecule has 2 aromatic carbocycles. The minimum Gasteiger partial charge on any atom is -0.347 e. The van der Waals surface area contributed by atoms with Crippen LogP contribution in [-0.2, 0) is 13.5 Å². The maximum absolute atomic E-state index is 2.40. The molecule has 1 heterocycles. The highest BCUT2D eigenvalue weighted by Gasteiger charge is 2.29. The molecule has 0 amide bonds. The van der Waals surface area contributed by atoms with Crippen LogP contribution in [0.15, 0.2) is 48.5 Å². The van der Waals surface area contributed by atoms with Crippen LogP contribution in [0, 0.1) is 6.92 Å². The zero-order chi connectivity index (χ0) is 13.7. The first kappa shape index (κ1) is 11.8. The molecule has 1 aromatic heterocycles. The Kier molecular flexibility index (Phi) is 2.50. The quantitative estimate of drug-likeness (QED) is 0.605. The van der Waals surface area contributed by atoms with Crippen molar-refractivity contribution in [2.75, 3.05) is 0 Å². The lowest BCUT2D eigenvalue weighted by atomic mass is 9.96. The van der Waals surface area contributed by atoms with Crippen molar-refractivity contribution in [2.24, 2.45) is 7.05 Å². The van der Waals surface area contributed by atoms with Crippen molar-refractivity contribution in [2.45, 2.75) is 25.7 Å². The van der Waals surface area contributed by atoms with Gasteiger partial charge in [0.05, 0.1) is 0 Å². The van der Waals surface area contributed by atoms with E-state index in [1.165, 1.54) is 40.6 Å². The fourth-order valence-electron chi connectivity index (χ4n) is 3.75. The highest BCUT2D eigenvalue weighted by molar-refractivity contribution is 5.86. The van der Waals surface area contributed by atoms with E-state index in [2.05, 4.69) is 67.1 Å². The summed E-state index contributed by atoms with van der Waals surface area (Å²) in [6.07, 6.45) is 2.45. The first-order valence-corrected chi connectivity index (χ1v) is 7.38. The van der Waals surface area contributed by atoms with Crippen LogP contribution in [0.5, 0.6) is 0 Å². The van der Waals surface area contributed by atoms with Crippen molar-refractivity contribution >= 4 is 10.9 Å². The fraction of sp³-hybridized carbons (Fsp3) is 0.263. The predicted octanol–water partition coefficient (Wildman–Crippen LogP) is 4.56. The van der Waals surface area contributed by atoms with E-state index in [9.17, 15) is 0 Å². The Morgan fingerprint density at radius 3 is 2.55 bits per heavy atom. The molecule has 20 heavy (non-hydrogen) atoms. The van der Waals surface area contributed by atoms with E-state index in [0.717, 1.165) is 0 Å². The molecule has 1 atom stereocenters. The van der Waals surface area contributed by atoms with Gasteiger partial charge in [-0.15, -0.1) is 0 Å². The Morgan fingerprint density at radius 1 is 1.00 bits per heavy atom. The molecule has 4 rings (SSSR count). The van der Waals surface area contributed by atoms with Gasteiger partial charge in [0.25, 0.3) is 0 Å². The van der Waals surface area contributed by atoms with Gasteiger partial charge in [-0.05, 0) is 37.0 Å². The minimum atomic E-state index is 0.558. The van der Waals surface area contributed by atoms with Crippen LogP contribution in [0.25, 0.3) is 10.9 Å². The van der Waals surface area contributed by atoms with E-state index < -0.39 is 0 Å². The molecular formula is C19H19N. The van der Waals surface area contributed by atoms with Gasteiger partial charge in [0.1, 0.15) is 0 Å². The van der Waals surface area contributed by atoms with E-state index in [-0.39, 0.29) is 0 Å². The minimum absolute atomic E-state index is 0.558. The first-order valence-electron chi connectivity index (χ1n) is 7.38. The molecule has 0 radical (unpaired) electrons. The highest BCUT2D eigenvalue weighted by Crippen LogP contribution is 2.42. The van der Waals surface area contributed by atoms with E-state index in [1.54, 1.807) is 5.56 Å². The Labute approximate surface area is 119 Å². The van der Waals surface area contributed by atoms with Crippen molar-refractivity contribution in [1.29, 1.82) is 0 Å². The van der Waals surface area contributed by atoms with E-state index in [0.29, 0.717) is 5.92 Å². The number of benzene rings is 2. The number of nitrogens with zero attached hydrogens (tertiary/aromatic N) is 1. The summed E-state index contributed by atoms with van der Waals surface area (Å²) in [6, 6.07) is 17.9. The molecule has 0 N–H and O–H groups in total. The van der Waals surface area contributed by atoms with Crippen LogP contribution >= 0.6 is 0 Å². The van der Waals surface area contributed by atoms with Crippen LogP contribution < -0.4 is 0 Å². The maximum atomic E-state index is 2.40. The zero-order valence-corrected chi connectivity index (χ0v) is 12.1. The Bertz CT molecular complexity index is 777. The predicted molar refractivity (Wildman–Crippen MR) is 84.3 cm³/mol. The molecule has 1 aliphatic rings. The van der Waals surface area contributed by atoms with Gasteiger partial charge in [-0.3, -0.25) is 0 Å². The molecular weight excluding hydrogens is 242 g/mol. The number of hydrogen-bond donors (Lipinski definition) is 0. The second-order valence-corrected chi connectivity index (χ2v) is 5.94. The summed E-state index contributed by atoms with van der Waals surface area (Å²) in [6.45, 7) is 2.15. The molecule has 3 aromatic rings. The molecule has 0 aliphatic heterocycles. The van der Waals surface area contributed by atoms with Crippen LogP contribution in [0.3, 0.4) is 0 Å². The van der Waals surface area contributed by atoms with Crippen LogP contribution in [-0.4, -0.2) is 4.57 Å². The number of rotatable bonds is 1. The third-order valence-corrected chi connectivity index (χ3v) is 4.75. The number of fused-ring (bicyclic) bond motifs is 3. The van der Waals surface area contributed by atoms with Gasteiger partial charge in [-0.2, -0.15) is 0 Å². The normalized spacial score (nSPS) is 17.6. The van der Waals surface area contributed by atoms with E-state index in [4.69, 9.17) is 0 Å². The van der Waals surface area contributed by atoms with Crippen LogP contribution in [0.2, 0.25) is 0 Å². The van der Waals surface area contributed by atoms with Gasteiger partial charge in [0.15, 0.2) is 0 Å². The highest BCUT2D eigenvalue weighted by atomic mass is 15.0. The fourth-order valence-corrected chi connectivity index (χ4v) is 3.75. The van der Waals surface area contributed by atoms with Crippen LogP contribution in [0.1, 0.15) is 34.7 Å². The molecule has 1 unspecified atom stereocenters. The second-order valence-electron chi connectivity index (χ2n) is 5.94. The van der Waals surface area contributed by atoms with Crippen molar-refractivity contribution < 1.29 is 0 Å². The Morgan fingerprint density at radius 2 is 1.75 bits per heavy atom. The van der Waals surface area contributed by atoms with E-state index in [1.807, 2.05) is 0 Å². The third kappa shape index (κ3) is 1.56. The number of hydrogen-bond acceptors (Lipinski definition) is 0.